The van der Waals surface area contributed by atoms with E-state index in [9.17, 15) is 4.79 Å². The molecule has 18 heavy (non-hydrogen) atoms. The fraction of sp³-hybridized carbons (Fsp3) is 0.429. The fourth-order valence-electron chi connectivity index (χ4n) is 1.93. The quantitative estimate of drug-likeness (QED) is 0.844. The lowest BCUT2D eigenvalue weighted by atomic mass is 9.88. The zero-order valence-corrected chi connectivity index (χ0v) is 11.0. The number of carbonyl (C=O) groups excluding carboxylic acids is 1. The van der Waals surface area contributed by atoms with Crippen molar-refractivity contribution in [1.29, 1.82) is 0 Å². The number of hydrogen-bond acceptors (Lipinski definition) is 3. The molecule has 0 unspecified atom stereocenters. The summed E-state index contributed by atoms with van der Waals surface area (Å²) in [4.78, 5) is 19.4. The number of nitrogens with one attached hydrogen (secondary N) is 1. The molecule has 1 aromatic carbocycles. The number of aromatic amines is 1. The van der Waals surface area contributed by atoms with E-state index < -0.39 is 0 Å². The SMILES string of the molecule is CCOC(=O)CC(C)(C)c1nc2ccccc2[nH]1. The van der Waals surface area contributed by atoms with Gasteiger partial charge in [-0.15, -0.1) is 0 Å². The number of H-pyrrole nitrogens is 1. The molecule has 0 atom stereocenters. The van der Waals surface area contributed by atoms with Crippen LogP contribution in [0, 0.1) is 0 Å². The van der Waals surface area contributed by atoms with Crippen LogP contribution in [0.4, 0.5) is 0 Å². The first-order chi connectivity index (χ1) is 8.53. The van der Waals surface area contributed by atoms with E-state index >= 15 is 0 Å². The average Bonchev–Trinajstić information content (AvgIpc) is 2.72. The summed E-state index contributed by atoms with van der Waals surface area (Å²) in [6, 6.07) is 7.84. The Morgan fingerprint density at radius 2 is 2.11 bits per heavy atom. The summed E-state index contributed by atoms with van der Waals surface area (Å²) in [6.07, 6.45) is 0.320. The Morgan fingerprint density at radius 1 is 1.39 bits per heavy atom. The van der Waals surface area contributed by atoms with Crippen LogP contribution in [0.25, 0.3) is 11.0 Å². The molecule has 0 aliphatic rings. The number of para-hydroxylation sites is 2. The summed E-state index contributed by atoms with van der Waals surface area (Å²) in [5, 5.41) is 0. The molecule has 0 radical (unpaired) electrons. The van der Waals surface area contributed by atoms with Crippen molar-refractivity contribution >= 4 is 17.0 Å². The Balaban J connectivity index is 2.25. The van der Waals surface area contributed by atoms with Gasteiger partial charge in [-0.2, -0.15) is 0 Å². The minimum atomic E-state index is -0.356. The summed E-state index contributed by atoms with van der Waals surface area (Å²) in [5.41, 5.74) is 1.56. The predicted octanol–water partition coefficient (Wildman–Crippen LogP) is 2.79. The number of aromatic nitrogens is 2. The fourth-order valence-corrected chi connectivity index (χ4v) is 1.93. The van der Waals surface area contributed by atoms with Crippen molar-refractivity contribution in [2.24, 2.45) is 0 Å². The Labute approximate surface area is 106 Å². The summed E-state index contributed by atoms with van der Waals surface area (Å²) in [5.74, 6) is 0.625. The third-order valence-electron chi connectivity index (χ3n) is 2.92. The van der Waals surface area contributed by atoms with Gasteiger partial charge in [0.1, 0.15) is 5.82 Å². The van der Waals surface area contributed by atoms with Crippen molar-refractivity contribution < 1.29 is 9.53 Å². The second kappa shape index (κ2) is 4.80. The van der Waals surface area contributed by atoms with Crippen LogP contribution in [0.15, 0.2) is 24.3 Å². The van der Waals surface area contributed by atoms with E-state index in [1.54, 1.807) is 0 Å². The van der Waals surface area contributed by atoms with E-state index in [2.05, 4.69) is 9.97 Å². The molecule has 2 aromatic rings. The topological polar surface area (TPSA) is 55.0 Å². The summed E-state index contributed by atoms with van der Waals surface area (Å²) in [7, 11) is 0. The second-order valence-corrected chi connectivity index (χ2v) is 4.97. The minimum Gasteiger partial charge on any atom is -0.466 e. The number of imidazole rings is 1. The van der Waals surface area contributed by atoms with E-state index in [1.807, 2.05) is 45.0 Å². The zero-order valence-electron chi connectivity index (χ0n) is 11.0. The third kappa shape index (κ3) is 2.53. The smallest absolute Gasteiger partial charge is 0.306 e. The highest BCUT2D eigenvalue weighted by molar-refractivity contribution is 5.76. The van der Waals surface area contributed by atoms with Crippen molar-refractivity contribution in [3.63, 3.8) is 0 Å². The number of fused-ring (bicyclic) bond motifs is 1. The van der Waals surface area contributed by atoms with Crippen molar-refractivity contribution in [1.82, 2.24) is 9.97 Å². The molecule has 0 amide bonds. The predicted molar refractivity (Wildman–Crippen MR) is 70.4 cm³/mol. The van der Waals surface area contributed by atoms with Gasteiger partial charge in [-0.25, -0.2) is 4.98 Å². The number of carbonyl (C=O) groups is 1. The summed E-state index contributed by atoms with van der Waals surface area (Å²) < 4.78 is 4.99. The van der Waals surface area contributed by atoms with E-state index in [1.165, 1.54) is 0 Å². The van der Waals surface area contributed by atoms with Crippen molar-refractivity contribution in [2.45, 2.75) is 32.6 Å². The average molecular weight is 246 g/mol. The molecule has 1 heterocycles. The molecule has 1 N–H and O–H groups in total. The molecule has 2 rings (SSSR count). The van der Waals surface area contributed by atoms with Gasteiger partial charge in [0.2, 0.25) is 0 Å². The van der Waals surface area contributed by atoms with Gasteiger partial charge in [0.05, 0.1) is 24.1 Å². The number of nitrogens with zero attached hydrogens (tertiary/aromatic N) is 1. The molecule has 1 aromatic heterocycles. The van der Waals surface area contributed by atoms with Gasteiger partial charge in [0.15, 0.2) is 0 Å². The number of esters is 1. The maximum Gasteiger partial charge on any atom is 0.306 e. The van der Waals surface area contributed by atoms with Crippen LogP contribution in [0.1, 0.15) is 33.0 Å². The highest BCUT2D eigenvalue weighted by atomic mass is 16.5. The molecule has 0 spiro atoms. The highest BCUT2D eigenvalue weighted by Gasteiger charge is 2.28. The van der Waals surface area contributed by atoms with Gasteiger partial charge >= 0.3 is 5.97 Å². The van der Waals surface area contributed by atoms with E-state index in [0.29, 0.717) is 13.0 Å². The molecule has 0 saturated heterocycles. The first-order valence-electron chi connectivity index (χ1n) is 6.14. The van der Waals surface area contributed by atoms with Crippen LogP contribution in [0.3, 0.4) is 0 Å². The van der Waals surface area contributed by atoms with Gasteiger partial charge in [-0.3, -0.25) is 4.79 Å². The Kier molecular flexibility index (Phi) is 3.36. The first kappa shape index (κ1) is 12.6. The Hall–Kier alpha value is -1.84. The number of benzene rings is 1. The lowest BCUT2D eigenvalue weighted by Crippen LogP contribution is -2.24. The van der Waals surface area contributed by atoms with Crippen LogP contribution in [-0.4, -0.2) is 22.5 Å². The number of hydrogen-bond donors (Lipinski definition) is 1. The molecule has 0 aliphatic heterocycles. The van der Waals surface area contributed by atoms with Crippen LogP contribution < -0.4 is 0 Å². The Morgan fingerprint density at radius 3 is 2.78 bits per heavy atom. The standard InChI is InChI=1S/C14H18N2O2/c1-4-18-12(17)9-14(2,3)13-15-10-7-5-6-8-11(10)16-13/h5-8H,4,9H2,1-3H3,(H,15,16). The van der Waals surface area contributed by atoms with Gasteiger partial charge in [-0.05, 0) is 19.1 Å². The van der Waals surface area contributed by atoms with Gasteiger partial charge in [0.25, 0.3) is 0 Å². The molecule has 0 bridgehead atoms. The molecule has 96 valence electrons. The number of rotatable bonds is 4. The van der Waals surface area contributed by atoms with Crippen LogP contribution >= 0.6 is 0 Å². The first-order valence-corrected chi connectivity index (χ1v) is 6.14. The molecular formula is C14H18N2O2. The zero-order chi connectivity index (χ0) is 13.2. The lowest BCUT2D eigenvalue weighted by Gasteiger charge is -2.20. The van der Waals surface area contributed by atoms with Gasteiger partial charge < -0.3 is 9.72 Å². The number of ether oxygens (including phenoxy) is 1. The van der Waals surface area contributed by atoms with Crippen LogP contribution in [-0.2, 0) is 14.9 Å². The van der Waals surface area contributed by atoms with Crippen LogP contribution in [0.5, 0.6) is 0 Å². The molecule has 0 fully saturated rings. The maximum absolute atomic E-state index is 11.6. The largest absolute Gasteiger partial charge is 0.466 e. The molecule has 4 heteroatoms. The molecular weight excluding hydrogens is 228 g/mol. The van der Waals surface area contributed by atoms with E-state index in [0.717, 1.165) is 16.9 Å². The second-order valence-electron chi connectivity index (χ2n) is 4.97. The normalized spacial score (nSPS) is 11.7. The van der Waals surface area contributed by atoms with Gasteiger partial charge in [-0.1, -0.05) is 26.0 Å². The lowest BCUT2D eigenvalue weighted by molar-refractivity contribution is -0.144. The van der Waals surface area contributed by atoms with Crippen molar-refractivity contribution in [3.05, 3.63) is 30.1 Å². The molecule has 0 aliphatic carbocycles. The maximum atomic E-state index is 11.6. The van der Waals surface area contributed by atoms with Crippen molar-refractivity contribution in [2.75, 3.05) is 6.61 Å². The molecule has 4 nitrogen and oxygen atoms in total. The Bertz CT molecular complexity index is 525. The monoisotopic (exact) mass is 246 g/mol. The van der Waals surface area contributed by atoms with Gasteiger partial charge in [0, 0.05) is 5.41 Å². The van der Waals surface area contributed by atoms with Crippen LogP contribution in [0.2, 0.25) is 0 Å². The third-order valence-corrected chi connectivity index (χ3v) is 2.92. The molecule has 0 saturated carbocycles. The van der Waals surface area contributed by atoms with E-state index in [-0.39, 0.29) is 11.4 Å². The summed E-state index contributed by atoms with van der Waals surface area (Å²) in [6.45, 7) is 6.20. The minimum absolute atomic E-state index is 0.192. The highest BCUT2D eigenvalue weighted by Crippen LogP contribution is 2.27. The van der Waals surface area contributed by atoms with Crippen molar-refractivity contribution in [3.8, 4) is 0 Å². The summed E-state index contributed by atoms with van der Waals surface area (Å²) >= 11 is 0. The van der Waals surface area contributed by atoms with E-state index in [4.69, 9.17) is 4.74 Å².